The van der Waals surface area contributed by atoms with Gasteiger partial charge in [-0.2, -0.15) is 4.98 Å². The lowest BCUT2D eigenvalue weighted by Gasteiger charge is -2.27. The first kappa shape index (κ1) is 20.4. The third kappa shape index (κ3) is 3.19. The molecule has 1 aromatic carbocycles. The Morgan fingerprint density at radius 2 is 1.72 bits per heavy atom. The molecule has 0 spiro atoms. The average Bonchev–Trinajstić information content (AvgIpc) is 3.21. The number of aryl methyl sites for hydroxylation is 3. The monoisotopic (exact) mass is 433 g/mol. The molecule has 0 amide bonds. The number of benzene rings is 1. The van der Waals surface area contributed by atoms with Crippen LogP contribution >= 0.6 is 0 Å². The van der Waals surface area contributed by atoms with E-state index in [1.807, 2.05) is 42.7 Å². The molecule has 166 valence electrons. The first-order valence-electron chi connectivity index (χ1n) is 11.2. The van der Waals surface area contributed by atoms with Gasteiger partial charge in [0.1, 0.15) is 5.82 Å². The Bertz CT molecular complexity index is 1440. The number of para-hydroxylation sites is 1. The zero-order valence-corrected chi connectivity index (χ0v) is 18.7. The number of aromatic nitrogens is 6. The molecular weight excluding hydrogens is 406 g/mol. The van der Waals surface area contributed by atoms with Crippen molar-refractivity contribution in [2.24, 2.45) is 7.05 Å². The first-order valence-corrected chi connectivity index (χ1v) is 11.2. The molecule has 1 aliphatic heterocycles. The first-order chi connectivity index (χ1) is 15.5. The highest BCUT2D eigenvalue weighted by molar-refractivity contribution is 5.80. The molecule has 0 N–H and O–H groups in total. The number of hydrogen-bond donors (Lipinski definition) is 0. The van der Waals surface area contributed by atoms with E-state index in [4.69, 9.17) is 4.98 Å². The van der Waals surface area contributed by atoms with E-state index in [1.165, 1.54) is 15.6 Å². The third-order valence-corrected chi connectivity index (χ3v) is 6.31. The van der Waals surface area contributed by atoms with Crippen molar-refractivity contribution in [3.63, 3.8) is 0 Å². The maximum absolute atomic E-state index is 13.5. The molecule has 0 aliphatic carbocycles. The van der Waals surface area contributed by atoms with Gasteiger partial charge in [-0.05, 0) is 39.2 Å². The number of piperidine rings is 1. The van der Waals surface area contributed by atoms with Crippen molar-refractivity contribution in [1.29, 1.82) is 0 Å². The van der Waals surface area contributed by atoms with Crippen LogP contribution in [0.2, 0.25) is 0 Å². The van der Waals surface area contributed by atoms with Gasteiger partial charge in [-0.3, -0.25) is 13.9 Å². The van der Waals surface area contributed by atoms with E-state index in [9.17, 15) is 9.59 Å². The molecule has 0 bridgehead atoms. The molecule has 0 unspecified atom stereocenters. The second kappa shape index (κ2) is 7.89. The second-order valence-electron chi connectivity index (χ2n) is 8.35. The molecule has 0 saturated carbocycles. The van der Waals surface area contributed by atoms with Crippen molar-refractivity contribution in [1.82, 2.24) is 28.7 Å². The van der Waals surface area contributed by atoms with Crippen molar-refractivity contribution in [2.45, 2.75) is 46.2 Å². The van der Waals surface area contributed by atoms with Gasteiger partial charge in [0.25, 0.3) is 5.56 Å². The van der Waals surface area contributed by atoms with Gasteiger partial charge in [-0.25, -0.2) is 14.8 Å². The topological polar surface area (TPSA) is 90.8 Å². The van der Waals surface area contributed by atoms with Crippen LogP contribution in [0.5, 0.6) is 0 Å². The van der Waals surface area contributed by atoms with Crippen LogP contribution in [0.1, 0.15) is 37.7 Å². The van der Waals surface area contributed by atoms with Gasteiger partial charge < -0.3 is 9.47 Å². The fourth-order valence-electron chi connectivity index (χ4n) is 4.64. The van der Waals surface area contributed by atoms with Crippen molar-refractivity contribution in [3.05, 3.63) is 56.6 Å². The highest BCUT2D eigenvalue weighted by Gasteiger charge is 2.24. The van der Waals surface area contributed by atoms with Crippen LogP contribution in [0.4, 0.5) is 5.95 Å². The maximum Gasteiger partial charge on any atom is 0.332 e. The van der Waals surface area contributed by atoms with Gasteiger partial charge in [0.15, 0.2) is 11.2 Å². The van der Waals surface area contributed by atoms with Crippen LogP contribution in [0.3, 0.4) is 0 Å². The van der Waals surface area contributed by atoms with Crippen LogP contribution < -0.4 is 16.1 Å². The van der Waals surface area contributed by atoms with E-state index in [2.05, 4.69) is 14.9 Å². The van der Waals surface area contributed by atoms with Crippen LogP contribution in [-0.2, 0) is 20.1 Å². The van der Waals surface area contributed by atoms with Crippen LogP contribution in [0, 0.1) is 6.92 Å². The number of hydrogen-bond acceptors (Lipinski definition) is 6. The number of fused-ring (bicyclic) bond motifs is 2. The molecule has 9 heteroatoms. The Balaban J connectivity index is 1.67. The standard InChI is InChI=1S/C23H27N7O2/c1-4-29-19-20(26-22(29)28-12-8-5-9-13-28)27(3)23(32)30(21(19)31)14-18-24-15(2)16-10-6-7-11-17(16)25-18/h6-7,10-11H,4-5,8-9,12-14H2,1-3H3. The van der Waals surface area contributed by atoms with Gasteiger partial charge in [-0.1, -0.05) is 18.2 Å². The molecule has 1 aliphatic rings. The van der Waals surface area contributed by atoms with E-state index in [0.29, 0.717) is 23.5 Å². The summed E-state index contributed by atoms with van der Waals surface area (Å²) in [6.07, 6.45) is 3.42. The zero-order valence-electron chi connectivity index (χ0n) is 18.7. The van der Waals surface area contributed by atoms with Gasteiger partial charge >= 0.3 is 5.69 Å². The van der Waals surface area contributed by atoms with Crippen LogP contribution in [0.15, 0.2) is 33.9 Å². The van der Waals surface area contributed by atoms with E-state index in [1.54, 1.807) is 7.05 Å². The lowest BCUT2D eigenvalue weighted by molar-refractivity contribution is 0.558. The Labute approximate surface area is 185 Å². The van der Waals surface area contributed by atoms with Gasteiger partial charge in [0.05, 0.1) is 12.1 Å². The maximum atomic E-state index is 13.5. The fourth-order valence-corrected chi connectivity index (χ4v) is 4.64. The van der Waals surface area contributed by atoms with Crippen molar-refractivity contribution in [2.75, 3.05) is 18.0 Å². The van der Waals surface area contributed by atoms with E-state index >= 15 is 0 Å². The lowest BCUT2D eigenvalue weighted by atomic mass is 10.1. The summed E-state index contributed by atoms with van der Waals surface area (Å²) < 4.78 is 4.62. The molecule has 0 atom stereocenters. The Morgan fingerprint density at radius 1 is 0.969 bits per heavy atom. The minimum Gasteiger partial charge on any atom is -0.342 e. The molecule has 4 aromatic rings. The summed E-state index contributed by atoms with van der Waals surface area (Å²) in [5, 5.41) is 0.960. The van der Waals surface area contributed by atoms with Crippen molar-refractivity contribution in [3.8, 4) is 0 Å². The van der Waals surface area contributed by atoms with Gasteiger partial charge in [-0.15, -0.1) is 0 Å². The molecule has 4 heterocycles. The summed E-state index contributed by atoms with van der Waals surface area (Å²) in [6.45, 7) is 6.35. The summed E-state index contributed by atoms with van der Waals surface area (Å²) in [6, 6.07) is 7.73. The molecule has 3 aromatic heterocycles. The smallest absolute Gasteiger partial charge is 0.332 e. The molecule has 5 rings (SSSR count). The van der Waals surface area contributed by atoms with E-state index in [-0.39, 0.29) is 12.1 Å². The quantitative estimate of drug-likeness (QED) is 0.490. The second-order valence-corrected chi connectivity index (χ2v) is 8.35. The summed E-state index contributed by atoms with van der Waals surface area (Å²) in [5.41, 5.74) is 1.73. The summed E-state index contributed by atoms with van der Waals surface area (Å²) >= 11 is 0. The molecule has 9 nitrogen and oxygen atoms in total. The molecule has 32 heavy (non-hydrogen) atoms. The van der Waals surface area contributed by atoms with Crippen LogP contribution in [0.25, 0.3) is 22.1 Å². The molecular formula is C23H27N7O2. The molecule has 1 saturated heterocycles. The largest absolute Gasteiger partial charge is 0.342 e. The summed E-state index contributed by atoms with van der Waals surface area (Å²) in [4.78, 5) is 42.8. The van der Waals surface area contributed by atoms with Crippen molar-refractivity contribution >= 4 is 28.0 Å². The molecule has 0 radical (unpaired) electrons. The SMILES string of the molecule is CCn1c(N2CCCCC2)nc2c1c(=O)n(Cc1nc(C)c3ccccc3n1)c(=O)n2C. The van der Waals surface area contributed by atoms with Gasteiger partial charge in [0.2, 0.25) is 5.95 Å². The minimum atomic E-state index is -0.414. The number of anilines is 1. The fraction of sp³-hybridized carbons (Fsp3) is 0.435. The summed E-state index contributed by atoms with van der Waals surface area (Å²) in [7, 11) is 1.67. The Kier molecular flexibility index (Phi) is 5.03. The molecule has 1 fully saturated rings. The van der Waals surface area contributed by atoms with Crippen molar-refractivity contribution < 1.29 is 0 Å². The van der Waals surface area contributed by atoms with E-state index in [0.717, 1.165) is 48.5 Å². The average molecular weight is 434 g/mol. The minimum absolute atomic E-state index is 0.0149. The predicted octanol–water partition coefficient (Wildman–Crippen LogP) is 2.21. The number of imidazole rings is 1. The highest BCUT2D eigenvalue weighted by atomic mass is 16.2. The normalized spacial score (nSPS) is 14.5. The number of rotatable bonds is 4. The lowest BCUT2D eigenvalue weighted by Crippen LogP contribution is -2.40. The van der Waals surface area contributed by atoms with Gasteiger partial charge in [0, 0.05) is 37.8 Å². The summed E-state index contributed by atoms with van der Waals surface area (Å²) in [5.74, 6) is 1.21. The number of nitrogens with zero attached hydrogens (tertiary/aromatic N) is 7. The van der Waals surface area contributed by atoms with E-state index < -0.39 is 5.69 Å². The Morgan fingerprint density at radius 3 is 2.47 bits per heavy atom. The highest BCUT2D eigenvalue weighted by Crippen LogP contribution is 2.23. The predicted molar refractivity (Wildman–Crippen MR) is 124 cm³/mol. The van der Waals surface area contributed by atoms with Crippen LogP contribution in [-0.4, -0.2) is 41.7 Å². The third-order valence-electron chi connectivity index (χ3n) is 6.31. The zero-order chi connectivity index (χ0) is 22.4. The Hall–Kier alpha value is -3.49.